The van der Waals surface area contributed by atoms with Crippen LogP contribution in [0.25, 0.3) is 0 Å². The van der Waals surface area contributed by atoms with Crippen molar-refractivity contribution in [3.05, 3.63) is 0 Å². The molecule has 2 atom stereocenters. The maximum atomic E-state index is 9.52. The zero-order valence-electron chi connectivity index (χ0n) is 8.74. The molecule has 0 spiro atoms. The first-order valence-corrected chi connectivity index (χ1v) is 5.89. The summed E-state index contributed by atoms with van der Waals surface area (Å²) in [7, 11) is 0. The Labute approximate surface area is 85.8 Å². The third kappa shape index (κ3) is 2.94. The second-order valence-electron chi connectivity index (χ2n) is 4.53. The van der Waals surface area contributed by atoms with E-state index in [0.29, 0.717) is 12.2 Å². The lowest BCUT2D eigenvalue weighted by Crippen LogP contribution is -2.36. The second kappa shape index (κ2) is 5.10. The lowest BCUT2D eigenvalue weighted by Gasteiger charge is -2.31. The van der Waals surface area contributed by atoms with E-state index in [4.69, 9.17) is 4.74 Å². The highest BCUT2D eigenvalue weighted by molar-refractivity contribution is 4.76. The Kier molecular flexibility index (Phi) is 3.79. The van der Waals surface area contributed by atoms with Crippen LogP contribution in [0.5, 0.6) is 0 Å². The van der Waals surface area contributed by atoms with E-state index < -0.39 is 0 Å². The van der Waals surface area contributed by atoms with E-state index in [1.54, 1.807) is 0 Å². The van der Waals surface area contributed by atoms with Crippen molar-refractivity contribution in [3.8, 4) is 0 Å². The fourth-order valence-electron chi connectivity index (χ4n) is 2.45. The van der Waals surface area contributed by atoms with Crippen LogP contribution in [0.1, 0.15) is 38.5 Å². The predicted molar refractivity (Wildman–Crippen MR) is 55.2 cm³/mol. The largest absolute Gasteiger partial charge is 0.393 e. The van der Waals surface area contributed by atoms with Crippen LogP contribution >= 0.6 is 0 Å². The Morgan fingerprint density at radius 1 is 1.00 bits per heavy atom. The molecule has 2 unspecified atom stereocenters. The topological polar surface area (TPSA) is 41.5 Å². The Bertz CT molecular complexity index is 169. The normalized spacial score (nSPS) is 35.8. The number of piperidine rings is 1. The highest BCUT2D eigenvalue weighted by atomic mass is 16.5. The van der Waals surface area contributed by atoms with Crippen LogP contribution in [0.15, 0.2) is 0 Å². The van der Waals surface area contributed by atoms with Crippen LogP contribution in [-0.2, 0) is 4.74 Å². The molecule has 1 saturated heterocycles. The molecule has 1 heterocycles. The lowest BCUT2D eigenvalue weighted by atomic mass is 9.94. The minimum atomic E-state index is -0.115. The molecule has 0 aromatic heterocycles. The fourth-order valence-corrected chi connectivity index (χ4v) is 2.45. The Morgan fingerprint density at radius 2 is 1.79 bits per heavy atom. The van der Waals surface area contributed by atoms with Gasteiger partial charge < -0.3 is 15.2 Å². The molecule has 1 aliphatic heterocycles. The van der Waals surface area contributed by atoms with Gasteiger partial charge >= 0.3 is 0 Å². The molecule has 1 saturated carbocycles. The van der Waals surface area contributed by atoms with Gasteiger partial charge in [0.25, 0.3) is 0 Å². The molecule has 0 aromatic rings. The van der Waals surface area contributed by atoms with Crippen LogP contribution in [0.4, 0.5) is 0 Å². The molecule has 0 aromatic carbocycles. The lowest BCUT2D eigenvalue weighted by molar-refractivity contribution is -0.0653. The molecule has 3 heteroatoms. The van der Waals surface area contributed by atoms with Crippen molar-refractivity contribution in [1.29, 1.82) is 0 Å². The van der Waals surface area contributed by atoms with Gasteiger partial charge in [-0.2, -0.15) is 0 Å². The summed E-state index contributed by atoms with van der Waals surface area (Å²) in [5, 5.41) is 12.8. The zero-order valence-corrected chi connectivity index (χ0v) is 8.74. The van der Waals surface area contributed by atoms with Crippen molar-refractivity contribution in [2.75, 3.05) is 13.1 Å². The van der Waals surface area contributed by atoms with Gasteiger partial charge in [0.2, 0.25) is 0 Å². The van der Waals surface area contributed by atoms with Crippen molar-refractivity contribution in [3.63, 3.8) is 0 Å². The molecule has 0 bridgehead atoms. The van der Waals surface area contributed by atoms with Crippen LogP contribution in [0.2, 0.25) is 0 Å². The summed E-state index contributed by atoms with van der Waals surface area (Å²) in [6.07, 6.45) is 6.98. The van der Waals surface area contributed by atoms with E-state index in [-0.39, 0.29) is 6.10 Å². The maximum absolute atomic E-state index is 9.52. The van der Waals surface area contributed by atoms with Crippen molar-refractivity contribution in [2.24, 2.45) is 0 Å². The van der Waals surface area contributed by atoms with E-state index >= 15 is 0 Å². The summed E-state index contributed by atoms with van der Waals surface area (Å²) in [6, 6.07) is 0. The quantitative estimate of drug-likeness (QED) is 0.698. The summed E-state index contributed by atoms with van der Waals surface area (Å²) in [4.78, 5) is 0. The first kappa shape index (κ1) is 10.4. The van der Waals surface area contributed by atoms with Gasteiger partial charge in [-0.25, -0.2) is 0 Å². The molecule has 2 aliphatic rings. The van der Waals surface area contributed by atoms with E-state index in [1.165, 1.54) is 0 Å². The first-order chi connectivity index (χ1) is 6.84. The summed E-state index contributed by atoms with van der Waals surface area (Å²) in [6.45, 7) is 2.17. The SMILES string of the molecule is OC1CCCC(OC2CCNCC2)C1. The van der Waals surface area contributed by atoms with Gasteiger partial charge in [0.05, 0.1) is 18.3 Å². The highest BCUT2D eigenvalue weighted by Gasteiger charge is 2.24. The average molecular weight is 199 g/mol. The molecule has 2 N–H and O–H groups in total. The highest BCUT2D eigenvalue weighted by Crippen LogP contribution is 2.23. The van der Waals surface area contributed by atoms with E-state index in [2.05, 4.69) is 5.32 Å². The summed E-state index contributed by atoms with van der Waals surface area (Å²) in [5.41, 5.74) is 0. The zero-order chi connectivity index (χ0) is 9.80. The molecular weight excluding hydrogens is 178 g/mol. The minimum absolute atomic E-state index is 0.115. The third-order valence-corrected chi connectivity index (χ3v) is 3.27. The van der Waals surface area contributed by atoms with Crippen LogP contribution < -0.4 is 5.32 Å². The van der Waals surface area contributed by atoms with Gasteiger partial charge in [-0.1, -0.05) is 0 Å². The van der Waals surface area contributed by atoms with Crippen molar-refractivity contribution in [1.82, 2.24) is 5.32 Å². The van der Waals surface area contributed by atoms with Crippen LogP contribution in [-0.4, -0.2) is 36.5 Å². The fraction of sp³-hybridized carbons (Fsp3) is 1.00. The molecule has 14 heavy (non-hydrogen) atoms. The Hall–Kier alpha value is -0.120. The number of nitrogens with one attached hydrogen (secondary N) is 1. The average Bonchev–Trinajstić information content (AvgIpc) is 2.19. The summed E-state index contributed by atoms with van der Waals surface area (Å²) in [5.74, 6) is 0. The van der Waals surface area contributed by atoms with Crippen molar-refractivity contribution >= 4 is 0 Å². The predicted octanol–water partition coefficient (Wildman–Crippen LogP) is 1.06. The molecule has 2 rings (SSSR count). The van der Waals surface area contributed by atoms with Gasteiger partial charge in [0, 0.05) is 0 Å². The van der Waals surface area contributed by atoms with E-state index in [1.807, 2.05) is 0 Å². The van der Waals surface area contributed by atoms with E-state index in [9.17, 15) is 5.11 Å². The first-order valence-electron chi connectivity index (χ1n) is 5.89. The Morgan fingerprint density at radius 3 is 2.50 bits per heavy atom. The standard InChI is InChI=1S/C11H21NO2/c13-9-2-1-3-11(8-9)14-10-4-6-12-7-5-10/h9-13H,1-8H2. The third-order valence-electron chi connectivity index (χ3n) is 3.27. The molecule has 2 fully saturated rings. The number of ether oxygens (including phenoxy) is 1. The maximum Gasteiger partial charge on any atom is 0.0603 e. The summed E-state index contributed by atoms with van der Waals surface area (Å²) < 4.78 is 6.00. The Balaban J connectivity index is 1.72. The monoisotopic (exact) mass is 199 g/mol. The number of hydrogen-bond acceptors (Lipinski definition) is 3. The van der Waals surface area contributed by atoms with Crippen molar-refractivity contribution < 1.29 is 9.84 Å². The molecule has 82 valence electrons. The number of rotatable bonds is 2. The number of hydrogen-bond donors (Lipinski definition) is 2. The molecule has 0 amide bonds. The molecule has 1 aliphatic carbocycles. The van der Waals surface area contributed by atoms with Crippen LogP contribution in [0.3, 0.4) is 0 Å². The van der Waals surface area contributed by atoms with E-state index in [0.717, 1.165) is 51.6 Å². The molecular formula is C11H21NO2. The van der Waals surface area contributed by atoms with Crippen LogP contribution in [0, 0.1) is 0 Å². The summed E-state index contributed by atoms with van der Waals surface area (Å²) >= 11 is 0. The molecule has 3 nitrogen and oxygen atoms in total. The smallest absolute Gasteiger partial charge is 0.0603 e. The van der Waals surface area contributed by atoms with Gasteiger partial charge in [0.1, 0.15) is 0 Å². The van der Waals surface area contributed by atoms with Gasteiger partial charge in [-0.05, 0) is 51.6 Å². The van der Waals surface area contributed by atoms with Gasteiger partial charge in [-0.3, -0.25) is 0 Å². The minimum Gasteiger partial charge on any atom is -0.393 e. The second-order valence-corrected chi connectivity index (χ2v) is 4.53. The number of aliphatic hydroxyl groups excluding tert-OH is 1. The van der Waals surface area contributed by atoms with Crippen molar-refractivity contribution in [2.45, 2.75) is 56.8 Å². The van der Waals surface area contributed by atoms with Gasteiger partial charge in [-0.15, -0.1) is 0 Å². The van der Waals surface area contributed by atoms with Gasteiger partial charge in [0.15, 0.2) is 0 Å². The molecule has 0 radical (unpaired) electrons. The number of aliphatic hydroxyl groups is 1.